The van der Waals surface area contributed by atoms with Crippen molar-refractivity contribution in [2.24, 2.45) is 0 Å². The zero-order chi connectivity index (χ0) is 21.8. The van der Waals surface area contributed by atoms with Crippen LogP contribution < -0.4 is 19.5 Å². The molecule has 1 fully saturated rings. The first-order valence-electron chi connectivity index (χ1n) is 10.0. The van der Waals surface area contributed by atoms with E-state index in [0.29, 0.717) is 41.3 Å². The molecule has 1 aliphatic heterocycles. The molecule has 0 bridgehead atoms. The van der Waals surface area contributed by atoms with Crippen LogP contribution in [0.1, 0.15) is 18.4 Å². The highest BCUT2D eigenvalue weighted by Crippen LogP contribution is 2.33. The number of likely N-dealkylation sites (tertiary alicyclic amines) is 1. The summed E-state index contributed by atoms with van der Waals surface area (Å²) in [4.78, 5) is 18.9. The molecule has 0 unspecified atom stereocenters. The molecule has 0 aliphatic carbocycles. The van der Waals surface area contributed by atoms with E-state index >= 15 is 0 Å². The van der Waals surface area contributed by atoms with Crippen LogP contribution in [-0.4, -0.2) is 49.3 Å². The lowest BCUT2D eigenvalue weighted by Crippen LogP contribution is -2.46. The number of nitrogens with one attached hydrogen (secondary N) is 1. The summed E-state index contributed by atoms with van der Waals surface area (Å²) in [6.07, 6.45) is 1.55. The molecule has 1 N–H and O–H groups in total. The molecule has 0 atom stereocenters. The largest absolute Gasteiger partial charge is 0.493 e. The third kappa shape index (κ3) is 4.97. The fraction of sp³-hybridized carbons (Fsp3) is 0.364. The van der Waals surface area contributed by atoms with Crippen LogP contribution in [0.2, 0.25) is 5.02 Å². The zero-order valence-electron chi connectivity index (χ0n) is 17.4. The number of urea groups is 1. The lowest BCUT2D eigenvalue weighted by Gasteiger charge is -2.31. The van der Waals surface area contributed by atoms with E-state index in [2.05, 4.69) is 10.3 Å². The molecule has 3 aromatic rings. The SMILES string of the molecule is COc1ccc(CNC(=O)N2CCC(Oc3nc4c(Cl)cccc4s3)CC2)cc1OC. The predicted octanol–water partition coefficient (Wildman–Crippen LogP) is 4.72. The number of piperidine rings is 1. The van der Waals surface area contributed by atoms with Crippen molar-refractivity contribution in [3.63, 3.8) is 0 Å². The number of carbonyl (C=O) groups excluding carboxylic acids is 1. The third-order valence-corrected chi connectivity index (χ3v) is 6.45. The van der Waals surface area contributed by atoms with Crippen molar-refractivity contribution in [2.75, 3.05) is 27.3 Å². The van der Waals surface area contributed by atoms with Gasteiger partial charge in [0.2, 0.25) is 0 Å². The van der Waals surface area contributed by atoms with Gasteiger partial charge in [0.1, 0.15) is 11.6 Å². The van der Waals surface area contributed by atoms with E-state index in [0.717, 1.165) is 28.6 Å². The van der Waals surface area contributed by atoms with Gasteiger partial charge in [0.15, 0.2) is 11.5 Å². The van der Waals surface area contributed by atoms with Gasteiger partial charge in [-0.05, 0) is 29.8 Å². The van der Waals surface area contributed by atoms with Gasteiger partial charge in [-0.25, -0.2) is 9.78 Å². The minimum atomic E-state index is -0.0833. The van der Waals surface area contributed by atoms with Gasteiger partial charge < -0.3 is 24.4 Å². The van der Waals surface area contributed by atoms with Crippen molar-refractivity contribution in [1.29, 1.82) is 0 Å². The second-order valence-corrected chi connectivity index (χ2v) is 8.62. The van der Waals surface area contributed by atoms with E-state index in [4.69, 9.17) is 25.8 Å². The van der Waals surface area contributed by atoms with Crippen molar-refractivity contribution in [1.82, 2.24) is 15.2 Å². The van der Waals surface area contributed by atoms with Crippen LogP contribution in [-0.2, 0) is 6.54 Å². The molecule has 2 amide bonds. The first-order valence-corrected chi connectivity index (χ1v) is 11.2. The lowest BCUT2D eigenvalue weighted by molar-refractivity contribution is 0.111. The number of amides is 2. The topological polar surface area (TPSA) is 72.9 Å². The summed E-state index contributed by atoms with van der Waals surface area (Å²) in [5, 5.41) is 4.22. The van der Waals surface area contributed by atoms with Gasteiger partial charge in [-0.2, -0.15) is 0 Å². The Bertz CT molecular complexity index is 1070. The molecule has 1 aliphatic rings. The number of hydrogen-bond donors (Lipinski definition) is 1. The molecular weight excluding hydrogens is 438 g/mol. The van der Waals surface area contributed by atoms with Crippen LogP contribution in [0, 0.1) is 0 Å². The molecule has 0 saturated carbocycles. The molecule has 2 aromatic carbocycles. The number of fused-ring (bicyclic) bond motifs is 1. The Morgan fingerprint density at radius 3 is 2.68 bits per heavy atom. The quantitative estimate of drug-likeness (QED) is 0.575. The number of para-hydroxylation sites is 1. The first kappa shape index (κ1) is 21.5. The minimum absolute atomic E-state index is 0.0363. The van der Waals surface area contributed by atoms with E-state index < -0.39 is 0 Å². The Morgan fingerprint density at radius 1 is 1.19 bits per heavy atom. The lowest BCUT2D eigenvalue weighted by atomic mass is 10.1. The van der Waals surface area contributed by atoms with Crippen LogP contribution >= 0.6 is 22.9 Å². The van der Waals surface area contributed by atoms with Crippen LogP contribution in [0.4, 0.5) is 4.79 Å². The summed E-state index contributed by atoms with van der Waals surface area (Å²) in [6, 6.07) is 11.2. The third-order valence-electron chi connectivity index (χ3n) is 5.24. The second kappa shape index (κ2) is 9.62. The predicted molar refractivity (Wildman–Crippen MR) is 122 cm³/mol. The fourth-order valence-electron chi connectivity index (χ4n) is 3.54. The Morgan fingerprint density at radius 2 is 1.97 bits per heavy atom. The van der Waals surface area contributed by atoms with E-state index in [1.807, 2.05) is 41.3 Å². The highest BCUT2D eigenvalue weighted by molar-refractivity contribution is 7.20. The normalized spacial score (nSPS) is 14.5. The van der Waals surface area contributed by atoms with Crippen molar-refractivity contribution in [3.8, 4) is 16.7 Å². The highest BCUT2D eigenvalue weighted by atomic mass is 35.5. The van der Waals surface area contributed by atoms with Crippen molar-refractivity contribution in [2.45, 2.75) is 25.5 Å². The van der Waals surface area contributed by atoms with Gasteiger partial charge >= 0.3 is 6.03 Å². The maximum absolute atomic E-state index is 12.6. The number of benzene rings is 2. The van der Waals surface area contributed by atoms with Crippen molar-refractivity contribution >= 4 is 39.2 Å². The van der Waals surface area contributed by atoms with Crippen LogP contribution in [0.15, 0.2) is 36.4 Å². The average molecular weight is 462 g/mol. The molecule has 31 heavy (non-hydrogen) atoms. The number of methoxy groups -OCH3 is 2. The minimum Gasteiger partial charge on any atom is -0.493 e. The number of thiazole rings is 1. The van der Waals surface area contributed by atoms with Gasteiger partial charge in [0.05, 0.1) is 23.9 Å². The Balaban J connectivity index is 1.27. The molecule has 0 radical (unpaired) electrons. The number of aromatic nitrogens is 1. The molecule has 9 heteroatoms. The fourth-order valence-corrected chi connectivity index (χ4v) is 4.73. The number of hydrogen-bond acceptors (Lipinski definition) is 6. The van der Waals surface area contributed by atoms with Crippen molar-refractivity contribution < 1.29 is 19.0 Å². The standard InChI is InChI=1S/C22H24ClN3O4S/c1-28-17-7-6-14(12-18(17)29-2)13-24-21(27)26-10-8-15(9-11-26)30-22-25-20-16(23)4-3-5-19(20)31-22/h3-7,12,15H,8-11,13H2,1-2H3,(H,24,27). The second-order valence-electron chi connectivity index (χ2n) is 7.22. The Labute approximate surface area is 189 Å². The molecule has 2 heterocycles. The van der Waals surface area contributed by atoms with Gasteiger partial charge in [-0.3, -0.25) is 0 Å². The summed E-state index contributed by atoms with van der Waals surface area (Å²) < 4.78 is 17.6. The number of ether oxygens (including phenoxy) is 3. The molecule has 1 saturated heterocycles. The number of halogens is 1. The number of nitrogens with zero attached hydrogens (tertiary/aromatic N) is 2. The van der Waals surface area contributed by atoms with E-state index in [-0.39, 0.29) is 12.1 Å². The Hall–Kier alpha value is -2.71. The number of rotatable bonds is 6. The van der Waals surface area contributed by atoms with Gasteiger partial charge in [0, 0.05) is 32.5 Å². The molecular formula is C22H24ClN3O4S. The molecule has 164 valence electrons. The summed E-state index contributed by atoms with van der Waals surface area (Å²) in [6.45, 7) is 1.68. The molecule has 4 rings (SSSR count). The van der Waals surface area contributed by atoms with E-state index in [1.54, 1.807) is 14.2 Å². The summed E-state index contributed by atoms with van der Waals surface area (Å²) in [5.41, 5.74) is 1.72. The van der Waals surface area contributed by atoms with Gasteiger partial charge in [-0.1, -0.05) is 35.1 Å². The molecule has 0 spiro atoms. The van der Waals surface area contributed by atoms with E-state index in [9.17, 15) is 4.79 Å². The van der Waals surface area contributed by atoms with Gasteiger partial charge in [0.25, 0.3) is 5.19 Å². The van der Waals surface area contributed by atoms with E-state index in [1.165, 1.54) is 11.3 Å². The number of carbonyl (C=O) groups is 1. The maximum Gasteiger partial charge on any atom is 0.317 e. The summed E-state index contributed by atoms with van der Waals surface area (Å²) >= 11 is 7.69. The van der Waals surface area contributed by atoms with Crippen molar-refractivity contribution in [3.05, 3.63) is 47.0 Å². The highest BCUT2D eigenvalue weighted by Gasteiger charge is 2.25. The Kier molecular flexibility index (Phi) is 6.67. The average Bonchev–Trinajstić information content (AvgIpc) is 3.21. The summed E-state index contributed by atoms with van der Waals surface area (Å²) in [7, 11) is 3.19. The molecule has 1 aromatic heterocycles. The monoisotopic (exact) mass is 461 g/mol. The van der Waals surface area contributed by atoms with Crippen LogP contribution in [0.5, 0.6) is 16.7 Å². The van der Waals surface area contributed by atoms with Crippen LogP contribution in [0.3, 0.4) is 0 Å². The summed E-state index contributed by atoms with van der Waals surface area (Å²) in [5.74, 6) is 1.30. The zero-order valence-corrected chi connectivity index (χ0v) is 19.0. The maximum atomic E-state index is 12.6. The smallest absolute Gasteiger partial charge is 0.317 e. The first-order chi connectivity index (χ1) is 15.1. The van der Waals surface area contributed by atoms with Gasteiger partial charge in [-0.15, -0.1) is 0 Å². The molecule has 7 nitrogen and oxygen atoms in total. The van der Waals surface area contributed by atoms with Crippen LogP contribution in [0.25, 0.3) is 10.2 Å².